The van der Waals surface area contributed by atoms with Gasteiger partial charge in [0.1, 0.15) is 12.4 Å². The van der Waals surface area contributed by atoms with Crippen LogP contribution < -0.4 is 4.57 Å². The Morgan fingerprint density at radius 3 is 1.30 bits per heavy atom. The second-order valence-corrected chi connectivity index (χ2v) is 12.0. The summed E-state index contributed by atoms with van der Waals surface area (Å²) in [6.45, 7) is 9.39. The molecule has 37 heavy (non-hydrogen) atoms. The number of imidazole rings is 1. The number of aryl methyl sites for hydroxylation is 2. The van der Waals surface area contributed by atoms with Gasteiger partial charge in [0, 0.05) is 6.42 Å². The van der Waals surface area contributed by atoms with Gasteiger partial charge in [-0.1, -0.05) is 156 Å². The van der Waals surface area contributed by atoms with Crippen molar-refractivity contribution >= 4 is 0 Å². The molecule has 0 saturated carbocycles. The average molecular weight is 518 g/mol. The number of hydrogen-bond acceptors (Lipinski definition) is 0. The first-order valence-corrected chi connectivity index (χ1v) is 17.4. The summed E-state index contributed by atoms with van der Waals surface area (Å²) in [5, 5.41) is 0. The minimum Gasteiger partial charge on any atom is -0.234 e. The molecule has 0 N–H and O–H groups in total. The van der Waals surface area contributed by atoms with Crippen molar-refractivity contribution in [1.82, 2.24) is 4.57 Å². The Balaban J connectivity index is 2.33. The predicted molar refractivity (Wildman–Crippen MR) is 165 cm³/mol. The molecule has 0 aliphatic carbocycles. The van der Waals surface area contributed by atoms with Crippen LogP contribution in [-0.2, 0) is 19.5 Å². The molecule has 0 saturated heterocycles. The molecule has 1 aromatic rings. The minimum absolute atomic E-state index is 1.23. The molecular weight excluding hydrogens is 448 g/mol. The van der Waals surface area contributed by atoms with Crippen molar-refractivity contribution in [1.29, 1.82) is 0 Å². The monoisotopic (exact) mass is 518 g/mol. The molecule has 218 valence electrons. The van der Waals surface area contributed by atoms with E-state index in [4.69, 9.17) is 0 Å². The van der Waals surface area contributed by atoms with Gasteiger partial charge < -0.3 is 0 Å². The quantitative estimate of drug-likeness (QED) is 0.0737. The molecule has 0 radical (unpaired) electrons. The van der Waals surface area contributed by atoms with Crippen LogP contribution in [0.15, 0.2) is 12.4 Å². The van der Waals surface area contributed by atoms with E-state index in [1.54, 1.807) is 5.82 Å². The zero-order valence-corrected chi connectivity index (χ0v) is 26.1. The third kappa shape index (κ3) is 19.9. The molecular formula is C35H69N2+. The van der Waals surface area contributed by atoms with Crippen LogP contribution in [0.2, 0.25) is 0 Å². The minimum atomic E-state index is 1.23. The normalized spacial score (nSPS) is 11.5. The maximum Gasteiger partial charge on any atom is 0.256 e. The van der Waals surface area contributed by atoms with Crippen molar-refractivity contribution in [3.8, 4) is 0 Å². The Kier molecular flexibility index (Phi) is 24.8. The second-order valence-electron chi connectivity index (χ2n) is 12.0. The van der Waals surface area contributed by atoms with Crippen molar-refractivity contribution in [3.05, 3.63) is 18.2 Å². The maximum atomic E-state index is 2.62. The highest BCUT2D eigenvalue weighted by Gasteiger charge is 2.16. The van der Waals surface area contributed by atoms with Crippen molar-refractivity contribution in [3.63, 3.8) is 0 Å². The van der Waals surface area contributed by atoms with Crippen molar-refractivity contribution in [2.75, 3.05) is 0 Å². The lowest BCUT2D eigenvalue weighted by Crippen LogP contribution is -2.37. The Hall–Kier alpha value is -0.790. The predicted octanol–water partition coefficient (Wildman–Crippen LogP) is 11.5. The number of aromatic nitrogens is 2. The molecule has 1 aromatic heterocycles. The summed E-state index contributed by atoms with van der Waals surface area (Å²) in [5.74, 6) is 1.62. The van der Waals surface area contributed by atoms with Crippen LogP contribution in [0.25, 0.3) is 0 Å². The molecule has 0 unspecified atom stereocenters. The fourth-order valence-electron chi connectivity index (χ4n) is 5.80. The van der Waals surface area contributed by atoms with E-state index < -0.39 is 0 Å². The lowest BCUT2D eigenvalue weighted by Gasteiger charge is -2.07. The summed E-state index contributed by atoms with van der Waals surface area (Å²) in [6.07, 6.45) is 42.9. The van der Waals surface area contributed by atoms with Crippen LogP contribution in [0.5, 0.6) is 0 Å². The molecule has 0 aliphatic heterocycles. The molecule has 0 aliphatic rings. The smallest absolute Gasteiger partial charge is 0.234 e. The van der Waals surface area contributed by atoms with Gasteiger partial charge in [0.05, 0.1) is 13.1 Å². The average Bonchev–Trinajstić information content (AvgIpc) is 3.29. The number of nitrogens with zero attached hydrogens (tertiary/aromatic N) is 2. The van der Waals surface area contributed by atoms with E-state index in [0.717, 1.165) is 0 Å². The molecule has 0 amide bonds. The molecule has 0 spiro atoms. The van der Waals surface area contributed by atoms with Gasteiger partial charge in [0.25, 0.3) is 5.82 Å². The van der Waals surface area contributed by atoms with E-state index in [2.05, 4.69) is 42.3 Å². The molecule has 2 nitrogen and oxygen atoms in total. The summed E-state index contributed by atoms with van der Waals surface area (Å²) >= 11 is 0. The number of unbranched alkanes of at least 4 members (excludes halogenated alkanes) is 23. The first-order chi connectivity index (χ1) is 18.3. The van der Waals surface area contributed by atoms with Gasteiger partial charge in [0.2, 0.25) is 0 Å². The molecule has 1 heterocycles. The van der Waals surface area contributed by atoms with Crippen LogP contribution in [0.1, 0.15) is 194 Å². The fourth-order valence-corrected chi connectivity index (χ4v) is 5.80. The third-order valence-electron chi connectivity index (χ3n) is 8.35. The Morgan fingerprint density at radius 2 is 0.838 bits per heavy atom. The van der Waals surface area contributed by atoms with Crippen molar-refractivity contribution in [2.45, 2.75) is 207 Å². The lowest BCUT2D eigenvalue weighted by atomic mass is 10.1. The van der Waals surface area contributed by atoms with Crippen molar-refractivity contribution < 1.29 is 4.57 Å². The van der Waals surface area contributed by atoms with E-state index in [9.17, 15) is 0 Å². The van der Waals surface area contributed by atoms with Crippen LogP contribution >= 0.6 is 0 Å². The zero-order chi connectivity index (χ0) is 26.7. The van der Waals surface area contributed by atoms with Crippen LogP contribution in [0.4, 0.5) is 0 Å². The van der Waals surface area contributed by atoms with E-state index in [1.165, 1.54) is 186 Å². The Labute approximate surface area is 234 Å². The van der Waals surface area contributed by atoms with Crippen molar-refractivity contribution in [2.24, 2.45) is 0 Å². The van der Waals surface area contributed by atoms with Gasteiger partial charge in [-0.05, 0) is 32.1 Å². The fraction of sp³-hybridized carbons (Fsp3) is 0.914. The zero-order valence-electron chi connectivity index (χ0n) is 26.1. The second kappa shape index (κ2) is 26.8. The van der Waals surface area contributed by atoms with E-state index in [1.807, 2.05) is 0 Å². The highest BCUT2D eigenvalue weighted by Crippen LogP contribution is 2.14. The number of hydrogen-bond donors (Lipinski definition) is 0. The SMILES string of the molecule is CCCCCCCCCCCCCc1n(CCCCCCCCCC)cc[n+]1CCCCCCCCC. The van der Waals surface area contributed by atoms with E-state index in [-0.39, 0.29) is 0 Å². The third-order valence-corrected chi connectivity index (χ3v) is 8.35. The van der Waals surface area contributed by atoms with E-state index in [0.29, 0.717) is 0 Å². The van der Waals surface area contributed by atoms with Gasteiger partial charge >= 0.3 is 0 Å². The van der Waals surface area contributed by atoms with Gasteiger partial charge in [-0.2, -0.15) is 0 Å². The van der Waals surface area contributed by atoms with Gasteiger partial charge in [-0.3, -0.25) is 0 Å². The molecule has 2 heteroatoms. The highest BCUT2D eigenvalue weighted by atomic mass is 15.1. The Morgan fingerprint density at radius 1 is 0.459 bits per heavy atom. The van der Waals surface area contributed by atoms with Crippen LogP contribution in [-0.4, -0.2) is 4.57 Å². The standard InChI is InChI=1S/C35H69N2/c1-4-7-10-13-16-18-19-20-21-24-27-30-35-36(31-28-25-22-15-12-9-6-3)33-34-37(35)32-29-26-23-17-14-11-8-5-2/h33-34H,4-32H2,1-3H3/q+1. The Bertz CT molecular complexity index is 576. The summed E-state index contributed by atoms with van der Waals surface area (Å²) in [6, 6.07) is 0. The van der Waals surface area contributed by atoms with E-state index >= 15 is 0 Å². The molecule has 0 fully saturated rings. The van der Waals surface area contributed by atoms with Gasteiger partial charge in [-0.25, -0.2) is 9.13 Å². The topological polar surface area (TPSA) is 8.81 Å². The largest absolute Gasteiger partial charge is 0.256 e. The molecule has 1 rings (SSSR count). The first-order valence-electron chi connectivity index (χ1n) is 17.4. The maximum absolute atomic E-state index is 2.62. The summed E-state index contributed by atoms with van der Waals surface area (Å²) in [7, 11) is 0. The summed E-state index contributed by atoms with van der Waals surface area (Å²) in [4.78, 5) is 0. The van der Waals surface area contributed by atoms with Gasteiger partial charge in [-0.15, -0.1) is 0 Å². The summed E-state index contributed by atoms with van der Waals surface area (Å²) < 4.78 is 5.24. The molecule has 0 bridgehead atoms. The molecule has 0 atom stereocenters. The highest BCUT2D eigenvalue weighted by molar-refractivity contribution is 4.84. The van der Waals surface area contributed by atoms with Crippen LogP contribution in [0, 0.1) is 0 Å². The van der Waals surface area contributed by atoms with Gasteiger partial charge in [0.15, 0.2) is 0 Å². The van der Waals surface area contributed by atoms with Crippen LogP contribution in [0.3, 0.4) is 0 Å². The number of rotatable bonds is 29. The summed E-state index contributed by atoms with van der Waals surface area (Å²) in [5.41, 5.74) is 0. The first kappa shape index (κ1) is 34.2. The molecule has 0 aromatic carbocycles. The lowest BCUT2D eigenvalue weighted by molar-refractivity contribution is -0.704.